The third-order valence-electron chi connectivity index (χ3n) is 5.58. The monoisotopic (exact) mass is 503 g/mol. The summed E-state index contributed by atoms with van der Waals surface area (Å²) in [6.07, 6.45) is 1.56. The smallest absolute Gasteiger partial charge is 0.323 e. The first kappa shape index (κ1) is 23.9. The molecule has 2 heterocycles. The number of hydrogen-bond donors (Lipinski definition) is 3. The molecule has 0 aliphatic carbocycles. The minimum absolute atomic E-state index is 0.387. The number of carbonyl (C=O) groups is 1. The molecule has 0 aliphatic rings. The Morgan fingerprint density at radius 2 is 1.78 bits per heavy atom. The number of urea groups is 1. The zero-order valence-corrected chi connectivity index (χ0v) is 20.2. The Morgan fingerprint density at radius 1 is 1.00 bits per heavy atom. The maximum atomic E-state index is 12.4. The molecular weight excluding hydrogens is 485 g/mol. The molecule has 0 saturated carbocycles. The van der Waals surface area contributed by atoms with Crippen molar-refractivity contribution >= 4 is 53.8 Å². The molecule has 8 nitrogen and oxygen atoms in total. The molecule has 3 N–H and O–H groups in total. The van der Waals surface area contributed by atoms with Crippen LogP contribution in [0.25, 0.3) is 16.9 Å². The van der Waals surface area contributed by atoms with Crippen molar-refractivity contribution < 1.29 is 4.79 Å². The zero-order valence-electron chi connectivity index (χ0n) is 19.4. The predicted molar refractivity (Wildman–Crippen MR) is 146 cm³/mol. The molecule has 0 bridgehead atoms. The standard InChI is InChI=1S/C27H19BClN7O/c28-22-16-32-36-25(13-24(35-26(22)36)21-6-1-2-7-23(21)29)31-15-18-4-3-5-20(12-18)34-27(37)33-19-10-8-17(14-30)9-11-19/h1-13,16,31H,15H2,(H2,33,34,37). The first-order valence-corrected chi connectivity index (χ1v) is 11.7. The maximum Gasteiger partial charge on any atom is 0.323 e. The van der Waals surface area contributed by atoms with Crippen molar-refractivity contribution in [2.45, 2.75) is 6.54 Å². The van der Waals surface area contributed by atoms with E-state index in [-0.39, 0.29) is 6.03 Å². The van der Waals surface area contributed by atoms with Crippen LogP contribution in [-0.4, -0.2) is 28.5 Å². The number of hydrogen-bond acceptors (Lipinski definition) is 5. The van der Waals surface area contributed by atoms with Crippen molar-refractivity contribution in [2.24, 2.45) is 0 Å². The molecule has 2 amide bonds. The fourth-order valence-electron chi connectivity index (χ4n) is 3.79. The molecule has 2 radical (unpaired) electrons. The van der Waals surface area contributed by atoms with E-state index in [4.69, 9.17) is 24.7 Å². The molecule has 3 aromatic carbocycles. The number of anilines is 3. The first-order chi connectivity index (χ1) is 18.0. The second-order valence-electron chi connectivity index (χ2n) is 8.16. The molecule has 10 heteroatoms. The van der Waals surface area contributed by atoms with Crippen LogP contribution >= 0.6 is 11.6 Å². The van der Waals surface area contributed by atoms with Crippen LogP contribution in [0.15, 0.2) is 85.1 Å². The van der Waals surface area contributed by atoms with Crippen molar-refractivity contribution in [1.82, 2.24) is 14.6 Å². The van der Waals surface area contributed by atoms with E-state index in [2.05, 4.69) is 26.0 Å². The third kappa shape index (κ3) is 5.40. The number of benzene rings is 3. The van der Waals surface area contributed by atoms with Crippen molar-refractivity contribution in [3.05, 3.63) is 101 Å². The molecule has 0 spiro atoms. The van der Waals surface area contributed by atoms with Crippen molar-refractivity contribution in [1.29, 1.82) is 5.26 Å². The van der Waals surface area contributed by atoms with Gasteiger partial charge in [-0.25, -0.2) is 9.78 Å². The molecule has 37 heavy (non-hydrogen) atoms. The normalized spacial score (nSPS) is 10.6. The van der Waals surface area contributed by atoms with Gasteiger partial charge in [-0.15, -0.1) is 0 Å². The lowest BCUT2D eigenvalue weighted by Gasteiger charge is -2.13. The van der Waals surface area contributed by atoms with Crippen molar-refractivity contribution in [3.63, 3.8) is 0 Å². The SMILES string of the molecule is [B]c1cnn2c(NCc3cccc(NC(=O)Nc4ccc(C#N)cc4)c3)cc(-c3ccccc3Cl)nc12. The van der Waals surface area contributed by atoms with Crippen molar-refractivity contribution in [2.75, 3.05) is 16.0 Å². The van der Waals surface area contributed by atoms with Gasteiger partial charge in [-0.1, -0.05) is 41.9 Å². The molecule has 2 aromatic heterocycles. The molecule has 178 valence electrons. The third-order valence-corrected chi connectivity index (χ3v) is 5.91. The average molecular weight is 504 g/mol. The van der Waals surface area contributed by atoms with Gasteiger partial charge in [0, 0.05) is 40.8 Å². The van der Waals surface area contributed by atoms with Gasteiger partial charge >= 0.3 is 6.03 Å². The molecule has 0 saturated heterocycles. The van der Waals surface area contributed by atoms with Gasteiger partial charge < -0.3 is 16.0 Å². The highest BCUT2D eigenvalue weighted by Gasteiger charge is 2.12. The van der Waals surface area contributed by atoms with Gasteiger partial charge in [-0.05, 0) is 53.5 Å². The van der Waals surface area contributed by atoms with E-state index in [1.165, 1.54) is 0 Å². The minimum atomic E-state index is -0.387. The maximum absolute atomic E-state index is 12.4. The Kier molecular flexibility index (Phi) is 6.75. The predicted octanol–water partition coefficient (Wildman–Crippen LogP) is 4.97. The molecule has 0 fully saturated rings. The topological polar surface area (TPSA) is 107 Å². The van der Waals surface area contributed by atoms with Gasteiger partial charge in [0.05, 0.1) is 17.3 Å². The number of fused-ring (bicyclic) bond motifs is 1. The van der Waals surface area contributed by atoms with Crippen LogP contribution in [0.4, 0.5) is 22.0 Å². The zero-order chi connectivity index (χ0) is 25.8. The van der Waals surface area contributed by atoms with E-state index in [0.29, 0.717) is 51.1 Å². The van der Waals surface area contributed by atoms with Crippen LogP contribution in [0, 0.1) is 11.3 Å². The van der Waals surface area contributed by atoms with Gasteiger partial charge in [-0.2, -0.15) is 14.9 Å². The van der Waals surface area contributed by atoms with Gasteiger partial charge in [-0.3, -0.25) is 0 Å². The van der Waals surface area contributed by atoms with Crippen LogP contribution in [-0.2, 0) is 6.54 Å². The summed E-state index contributed by atoms with van der Waals surface area (Å²) in [5.74, 6) is 0.688. The van der Waals surface area contributed by atoms with Gasteiger partial charge in [0.25, 0.3) is 0 Å². The first-order valence-electron chi connectivity index (χ1n) is 11.3. The number of nitrogens with one attached hydrogen (secondary N) is 3. The Hall–Kier alpha value is -4.81. The summed E-state index contributed by atoms with van der Waals surface area (Å²) in [7, 11) is 6.11. The minimum Gasteiger partial charge on any atom is -0.366 e. The van der Waals surface area contributed by atoms with Crippen LogP contribution in [0.3, 0.4) is 0 Å². The lowest BCUT2D eigenvalue weighted by Crippen LogP contribution is -2.19. The average Bonchev–Trinajstić information content (AvgIpc) is 3.29. The number of nitriles is 1. The van der Waals surface area contributed by atoms with E-state index in [0.717, 1.165) is 11.1 Å². The Balaban J connectivity index is 1.32. The van der Waals surface area contributed by atoms with Gasteiger partial charge in [0.2, 0.25) is 0 Å². The largest absolute Gasteiger partial charge is 0.366 e. The van der Waals surface area contributed by atoms with E-state index >= 15 is 0 Å². The lowest BCUT2D eigenvalue weighted by molar-refractivity contribution is 0.262. The van der Waals surface area contributed by atoms with E-state index in [1.807, 2.05) is 54.6 Å². The molecule has 0 unspecified atom stereocenters. The molecule has 5 aromatic rings. The fraction of sp³-hybridized carbons (Fsp3) is 0.0370. The summed E-state index contributed by atoms with van der Waals surface area (Å²) in [4.78, 5) is 17.1. The summed E-state index contributed by atoms with van der Waals surface area (Å²) in [5, 5.41) is 22.8. The van der Waals surface area contributed by atoms with E-state index in [1.54, 1.807) is 41.0 Å². The molecule has 5 rings (SSSR count). The summed E-state index contributed by atoms with van der Waals surface area (Å²) in [5.41, 5.74) is 5.10. The number of carbonyl (C=O) groups excluding carboxylic acids is 1. The highest BCUT2D eigenvalue weighted by Crippen LogP contribution is 2.28. The highest BCUT2D eigenvalue weighted by molar-refractivity contribution is 6.36. The summed E-state index contributed by atoms with van der Waals surface area (Å²) >= 11 is 6.41. The number of nitrogens with zero attached hydrogens (tertiary/aromatic N) is 4. The number of halogens is 1. The highest BCUT2D eigenvalue weighted by atomic mass is 35.5. The second-order valence-corrected chi connectivity index (χ2v) is 8.57. The summed E-state index contributed by atoms with van der Waals surface area (Å²) < 4.78 is 1.64. The van der Waals surface area contributed by atoms with E-state index < -0.39 is 0 Å². The Labute approximate surface area is 219 Å². The lowest BCUT2D eigenvalue weighted by atomic mass is 10.0. The van der Waals surface area contributed by atoms with Gasteiger partial charge in [0.1, 0.15) is 13.7 Å². The van der Waals surface area contributed by atoms with E-state index in [9.17, 15) is 4.79 Å². The van der Waals surface area contributed by atoms with Crippen LogP contribution < -0.4 is 21.4 Å². The second kappa shape index (κ2) is 10.4. The quantitative estimate of drug-likeness (QED) is 0.284. The molecule has 0 atom stereocenters. The number of amides is 2. The van der Waals surface area contributed by atoms with Crippen LogP contribution in [0.5, 0.6) is 0 Å². The van der Waals surface area contributed by atoms with Crippen LogP contribution in [0.1, 0.15) is 11.1 Å². The fourth-order valence-corrected chi connectivity index (χ4v) is 4.02. The van der Waals surface area contributed by atoms with Crippen LogP contribution in [0.2, 0.25) is 5.02 Å². The Morgan fingerprint density at radius 3 is 2.57 bits per heavy atom. The molecule has 0 aliphatic heterocycles. The van der Waals surface area contributed by atoms with Crippen molar-refractivity contribution in [3.8, 4) is 17.3 Å². The number of aromatic nitrogens is 3. The molecular formula is C27H19BClN7O. The van der Waals surface area contributed by atoms with Gasteiger partial charge in [0.15, 0.2) is 5.65 Å². The number of rotatable bonds is 6. The summed E-state index contributed by atoms with van der Waals surface area (Å²) in [6.45, 7) is 0.452. The Bertz CT molecular complexity index is 1640. The summed E-state index contributed by atoms with van der Waals surface area (Å²) in [6, 6.07) is 25.1.